The van der Waals surface area contributed by atoms with E-state index in [1.54, 1.807) is 17.8 Å². The van der Waals surface area contributed by atoms with E-state index in [4.69, 9.17) is 10.5 Å². The topological polar surface area (TPSA) is 52.3 Å². The van der Waals surface area contributed by atoms with Crippen LogP contribution in [0, 0.1) is 0 Å². The first kappa shape index (κ1) is 13.9. The molecule has 0 aliphatic heterocycles. The molecule has 1 aromatic carbocycles. The average Bonchev–Trinajstić information content (AvgIpc) is 2.24. The minimum atomic E-state index is -0.368. The van der Waals surface area contributed by atoms with Gasteiger partial charge in [0.2, 0.25) is 0 Å². The molecule has 0 unspecified atom stereocenters. The molecule has 0 aliphatic rings. The zero-order chi connectivity index (χ0) is 13.1. The van der Waals surface area contributed by atoms with Crippen LogP contribution in [-0.2, 0) is 10.5 Å². The maximum absolute atomic E-state index is 11.7. The molecule has 0 atom stereocenters. The van der Waals surface area contributed by atoms with Crippen molar-refractivity contribution < 1.29 is 9.53 Å². The Morgan fingerprint density at radius 3 is 2.59 bits per heavy atom. The third-order valence-electron chi connectivity index (χ3n) is 2.23. The number of carbonyl (C=O) groups excluding carboxylic acids is 1. The van der Waals surface area contributed by atoms with E-state index in [0.717, 1.165) is 11.3 Å². The van der Waals surface area contributed by atoms with Gasteiger partial charge in [0.15, 0.2) is 0 Å². The van der Waals surface area contributed by atoms with Crippen molar-refractivity contribution in [2.45, 2.75) is 31.3 Å². The number of benzene rings is 1. The van der Waals surface area contributed by atoms with E-state index in [-0.39, 0.29) is 10.7 Å². The van der Waals surface area contributed by atoms with E-state index in [1.165, 1.54) is 7.11 Å². The van der Waals surface area contributed by atoms with Crippen molar-refractivity contribution in [2.75, 3.05) is 12.8 Å². The van der Waals surface area contributed by atoms with E-state index in [0.29, 0.717) is 11.3 Å². The SMILES string of the molecule is COC(=O)c1c(N)cccc1CSC(C)(C)C. The van der Waals surface area contributed by atoms with Crippen LogP contribution in [0.4, 0.5) is 5.69 Å². The van der Waals surface area contributed by atoms with Crippen LogP contribution in [0.5, 0.6) is 0 Å². The monoisotopic (exact) mass is 253 g/mol. The molecule has 0 aliphatic carbocycles. The van der Waals surface area contributed by atoms with Crippen molar-refractivity contribution in [3.63, 3.8) is 0 Å². The standard InChI is InChI=1S/C13H19NO2S/c1-13(2,3)17-8-9-6-5-7-10(14)11(9)12(15)16-4/h5-7H,8,14H2,1-4H3. The summed E-state index contributed by atoms with van der Waals surface area (Å²) in [5, 5.41) is 0. The molecule has 94 valence electrons. The smallest absolute Gasteiger partial charge is 0.340 e. The van der Waals surface area contributed by atoms with Gasteiger partial charge in [-0.05, 0) is 11.6 Å². The van der Waals surface area contributed by atoms with Gasteiger partial charge >= 0.3 is 5.97 Å². The highest BCUT2D eigenvalue weighted by atomic mass is 32.2. The first-order valence-electron chi connectivity index (χ1n) is 5.45. The Balaban J connectivity index is 2.99. The van der Waals surface area contributed by atoms with Gasteiger partial charge in [-0.1, -0.05) is 32.9 Å². The van der Waals surface area contributed by atoms with Gasteiger partial charge in [0.1, 0.15) is 0 Å². The Bertz CT molecular complexity index is 410. The van der Waals surface area contributed by atoms with Gasteiger partial charge in [-0.25, -0.2) is 4.79 Å². The highest BCUT2D eigenvalue weighted by molar-refractivity contribution is 7.99. The zero-order valence-corrected chi connectivity index (χ0v) is 11.6. The summed E-state index contributed by atoms with van der Waals surface area (Å²) in [7, 11) is 1.37. The lowest BCUT2D eigenvalue weighted by molar-refractivity contribution is 0.0601. The number of nitrogens with two attached hydrogens (primary N) is 1. The van der Waals surface area contributed by atoms with Crippen LogP contribution in [0.25, 0.3) is 0 Å². The fourth-order valence-corrected chi connectivity index (χ4v) is 2.21. The van der Waals surface area contributed by atoms with Crippen LogP contribution in [0.3, 0.4) is 0 Å². The molecule has 0 amide bonds. The second-order valence-electron chi connectivity index (χ2n) is 4.77. The second kappa shape index (κ2) is 5.45. The third kappa shape index (κ3) is 3.97. The number of ether oxygens (including phenoxy) is 1. The van der Waals surface area contributed by atoms with Gasteiger partial charge in [-0.15, -0.1) is 0 Å². The quantitative estimate of drug-likeness (QED) is 0.664. The van der Waals surface area contributed by atoms with Gasteiger partial charge in [0.05, 0.1) is 12.7 Å². The number of anilines is 1. The zero-order valence-electron chi connectivity index (χ0n) is 10.7. The summed E-state index contributed by atoms with van der Waals surface area (Å²) >= 11 is 1.77. The summed E-state index contributed by atoms with van der Waals surface area (Å²) in [6.45, 7) is 6.42. The number of nitrogen functional groups attached to an aromatic ring is 1. The fraction of sp³-hybridized carbons (Fsp3) is 0.462. The fourth-order valence-electron chi connectivity index (χ4n) is 1.39. The number of hydrogen-bond donors (Lipinski definition) is 1. The summed E-state index contributed by atoms with van der Waals surface area (Å²) < 4.78 is 4.91. The molecule has 0 heterocycles. The van der Waals surface area contributed by atoms with Crippen molar-refractivity contribution in [3.8, 4) is 0 Å². The molecule has 0 bridgehead atoms. The van der Waals surface area contributed by atoms with Gasteiger partial charge in [-0.2, -0.15) is 11.8 Å². The van der Waals surface area contributed by atoms with E-state index in [9.17, 15) is 4.79 Å². The van der Waals surface area contributed by atoms with Crippen molar-refractivity contribution >= 4 is 23.4 Å². The van der Waals surface area contributed by atoms with Crippen molar-refractivity contribution in [1.82, 2.24) is 0 Å². The van der Waals surface area contributed by atoms with Gasteiger partial charge in [-0.3, -0.25) is 0 Å². The molecule has 1 aromatic rings. The molecule has 0 saturated carbocycles. The molecule has 0 fully saturated rings. The summed E-state index contributed by atoms with van der Waals surface area (Å²) in [5.74, 6) is 0.381. The molecule has 3 nitrogen and oxygen atoms in total. The molecule has 2 N–H and O–H groups in total. The maximum Gasteiger partial charge on any atom is 0.340 e. The van der Waals surface area contributed by atoms with Crippen LogP contribution >= 0.6 is 11.8 Å². The van der Waals surface area contributed by atoms with E-state index in [1.807, 2.05) is 12.1 Å². The molecule has 0 aromatic heterocycles. The van der Waals surface area contributed by atoms with Gasteiger partial charge < -0.3 is 10.5 Å². The highest BCUT2D eigenvalue weighted by Gasteiger charge is 2.17. The average molecular weight is 253 g/mol. The van der Waals surface area contributed by atoms with Crippen LogP contribution < -0.4 is 5.73 Å². The largest absolute Gasteiger partial charge is 0.465 e. The molecule has 0 saturated heterocycles. The minimum Gasteiger partial charge on any atom is -0.465 e. The maximum atomic E-state index is 11.7. The molecule has 0 spiro atoms. The summed E-state index contributed by atoms with van der Waals surface area (Å²) in [4.78, 5) is 11.7. The highest BCUT2D eigenvalue weighted by Crippen LogP contribution is 2.30. The lowest BCUT2D eigenvalue weighted by atomic mass is 10.1. The van der Waals surface area contributed by atoms with Crippen LogP contribution in [-0.4, -0.2) is 17.8 Å². The van der Waals surface area contributed by atoms with Crippen LogP contribution in [0.2, 0.25) is 0 Å². The number of hydrogen-bond acceptors (Lipinski definition) is 4. The lowest BCUT2D eigenvalue weighted by Crippen LogP contribution is -2.12. The number of rotatable bonds is 3. The van der Waals surface area contributed by atoms with Gasteiger partial charge in [0, 0.05) is 16.2 Å². The number of thioether (sulfide) groups is 1. The lowest BCUT2D eigenvalue weighted by Gasteiger charge is -2.18. The number of esters is 1. The molecule has 1 rings (SSSR count). The molecule has 0 radical (unpaired) electrons. The summed E-state index contributed by atoms with van der Waals surface area (Å²) in [5.41, 5.74) is 7.72. The van der Waals surface area contributed by atoms with Crippen molar-refractivity contribution in [2.24, 2.45) is 0 Å². The molecular weight excluding hydrogens is 234 g/mol. The Morgan fingerprint density at radius 1 is 1.41 bits per heavy atom. The Kier molecular flexibility index (Phi) is 4.46. The summed E-state index contributed by atoms with van der Waals surface area (Å²) in [6, 6.07) is 5.50. The van der Waals surface area contributed by atoms with E-state index >= 15 is 0 Å². The third-order valence-corrected chi connectivity index (χ3v) is 3.55. The first-order valence-corrected chi connectivity index (χ1v) is 6.43. The second-order valence-corrected chi connectivity index (χ2v) is 6.58. The van der Waals surface area contributed by atoms with Gasteiger partial charge in [0.25, 0.3) is 0 Å². The van der Waals surface area contributed by atoms with E-state index in [2.05, 4.69) is 20.8 Å². The molecule has 4 heteroatoms. The Morgan fingerprint density at radius 2 is 2.06 bits per heavy atom. The normalized spacial score (nSPS) is 11.3. The van der Waals surface area contributed by atoms with Crippen LogP contribution in [0.1, 0.15) is 36.7 Å². The minimum absolute atomic E-state index is 0.151. The number of carbonyl (C=O) groups is 1. The predicted octanol–water partition coefficient (Wildman–Crippen LogP) is 3.09. The first-order chi connectivity index (χ1) is 7.85. The van der Waals surface area contributed by atoms with E-state index < -0.39 is 0 Å². The summed E-state index contributed by atoms with van der Waals surface area (Å²) in [6.07, 6.45) is 0. The predicted molar refractivity (Wildman–Crippen MR) is 73.2 cm³/mol. The Hall–Kier alpha value is -1.16. The number of methoxy groups -OCH3 is 1. The molecule has 17 heavy (non-hydrogen) atoms. The van der Waals surface area contributed by atoms with Crippen LogP contribution in [0.15, 0.2) is 18.2 Å². The van der Waals surface area contributed by atoms with Crippen molar-refractivity contribution in [1.29, 1.82) is 0 Å². The Labute approximate surface area is 107 Å². The molecular formula is C13H19NO2S. The van der Waals surface area contributed by atoms with Crippen molar-refractivity contribution in [3.05, 3.63) is 29.3 Å².